The van der Waals surface area contributed by atoms with Crippen molar-refractivity contribution in [2.24, 2.45) is 0 Å². The summed E-state index contributed by atoms with van der Waals surface area (Å²) in [5, 5.41) is 2.55. The van der Waals surface area contributed by atoms with E-state index in [4.69, 9.17) is 0 Å². The van der Waals surface area contributed by atoms with Gasteiger partial charge in [-0.15, -0.1) is 0 Å². The molecule has 0 aliphatic heterocycles. The second kappa shape index (κ2) is 8.07. The van der Waals surface area contributed by atoms with Crippen molar-refractivity contribution in [2.45, 2.75) is 37.4 Å². The molecule has 2 heterocycles. The number of hydrogen-bond donors (Lipinski definition) is 2. The van der Waals surface area contributed by atoms with Crippen molar-refractivity contribution in [1.82, 2.24) is 15.0 Å². The summed E-state index contributed by atoms with van der Waals surface area (Å²) in [6.07, 6.45) is 6.24. The Morgan fingerprint density at radius 3 is 2.45 bits per heavy atom. The SMILES string of the molecule is CC(C)(C(=O)Nc1ccc(-c2cnccn2)cc1)c1cccc(NS(=O)(=O)C2CC2)n1. The summed E-state index contributed by atoms with van der Waals surface area (Å²) in [4.78, 5) is 25.7. The first-order valence-corrected chi connectivity index (χ1v) is 11.5. The van der Waals surface area contributed by atoms with Crippen LogP contribution in [0.5, 0.6) is 0 Å². The highest BCUT2D eigenvalue weighted by Gasteiger charge is 2.36. The van der Waals surface area contributed by atoms with Crippen LogP contribution in [-0.4, -0.2) is 34.5 Å². The van der Waals surface area contributed by atoms with Crippen molar-refractivity contribution >= 4 is 27.4 Å². The zero-order chi connectivity index (χ0) is 22.1. The highest BCUT2D eigenvalue weighted by Crippen LogP contribution is 2.30. The number of benzene rings is 1. The number of sulfonamides is 1. The molecule has 0 spiro atoms. The molecule has 1 aromatic carbocycles. The van der Waals surface area contributed by atoms with Crippen LogP contribution in [0.2, 0.25) is 0 Å². The van der Waals surface area contributed by atoms with Gasteiger partial charge in [-0.25, -0.2) is 13.4 Å². The van der Waals surface area contributed by atoms with E-state index in [2.05, 4.69) is 25.0 Å². The van der Waals surface area contributed by atoms with Gasteiger partial charge in [-0.05, 0) is 51.0 Å². The van der Waals surface area contributed by atoms with E-state index in [1.165, 1.54) is 0 Å². The van der Waals surface area contributed by atoms with Gasteiger partial charge in [0.25, 0.3) is 0 Å². The van der Waals surface area contributed by atoms with E-state index in [1.807, 2.05) is 12.1 Å². The molecule has 9 heteroatoms. The zero-order valence-electron chi connectivity index (χ0n) is 17.2. The molecule has 8 nitrogen and oxygen atoms in total. The second-order valence-corrected chi connectivity index (χ2v) is 9.96. The Kier molecular flexibility index (Phi) is 5.45. The van der Waals surface area contributed by atoms with Crippen LogP contribution in [0.3, 0.4) is 0 Å². The highest BCUT2D eigenvalue weighted by atomic mass is 32.2. The first kappa shape index (κ1) is 20.9. The number of nitrogens with one attached hydrogen (secondary N) is 2. The van der Waals surface area contributed by atoms with Crippen molar-refractivity contribution in [3.63, 3.8) is 0 Å². The topological polar surface area (TPSA) is 114 Å². The molecule has 31 heavy (non-hydrogen) atoms. The zero-order valence-corrected chi connectivity index (χ0v) is 18.1. The number of amides is 1. The van der Waals surface area contributed by atoms with Crippen LogP contribution in [0.25, 0.3) is 11.3 Å². The lowest BCUT2D eigenvalue weighted by molar-refractivity contribution is -0.120. The van der Waals surface area contributed by atoms with Crippen molar-refractivity contribution in [2.75, 3.05) is 10.0 Å². The molecule has 0 bridgehead atoms. The quantitative estimate of drug-likeness (QED) is 0.586. The summed E-state index contributed by atoms with van der Waals surface area (Å²) < 4.78 is 26.9. The number of carbonyl (C=O) groups excluding carboxylic acids is 1. The number of anilines is 2. The summed E-state index contributed by atoms with van der Waals surface area (Å²) >= 11 is 0. The first-order valence-electron chi connectivity index (χ1n) is 9.93. The van der Waals surface area contributed by atoms with Gasteiger partial charge in [-0.2, -0.15) is 0 Å². The monoisotopic (exact) mass is 437 g/mol. The Bertz CT molecular complexity index is 1190. The molecule has 1 saturated carbocycles. The Morgan fingerprint density at radius 1 is 1.06 bits per heavy atom. The molecule has 0 radical (unpaired) electrons. The van der Waals surface area contributed by atoms with Gasteiger partial charge < -0.3 is 5.32 Å². The third kappa shape index (κ3) is 4.72. The van der Waals surface area contributed by atoms with Crippen molar-refractivity contribution < 1.29 is 13.2 Å². The summed E-state index contributed by atoms with van der Waals surface area (Å²) in [5.41, 5.74) is 1.76. The predicted octanol–water partition coefficient (Wildman–Crippen LogP) is 3.36. The lowest BCUT2D eigenvalue weighted by Gasteiger charge is -2.23. The van der Waals surface area contributed by atoms with E-state index in [9.17, 15) is 13.2 Å². The molecular formula is C22H23N5O3S. The minimum atomic E-state index is -3.42. The van der Waals surface area contributed by atoms with E-state index in [0.29, 0.717) is 24.2 Å². The maximum atomic E-state index is 13.0. The van der Waals surface area contributed by atoms with E-state index >= 15 is 0 Å². The van der Waals surface area contributed by atoms with Crippen molar-refractivity contribution in [3.8, 4) is 11.3 Å². The van der Waals surface area contributed by atoms with Crippen LogP contribution in [0.15, 0.2) is 61.1 Å². The second-order valence-electron chi connectivity index (χ2n) is 8.00. The van der Waals surface area contributed by atoms with E-state index in [1.54, 1.807) is 62.8 Å². The largest absolute Gasteiger partial charge is 0.325 e. The Labute approximate surface area is 181 Å². The van der Waals surface area contributed by atoms with Gasteiger partial charge in [0.2, 0.25) is 15.9 Å². The number of pyridine rings is 1. The molecule has 160 valence electrons. The molecule has 1 aliphatic carbocycles. The van der Waals surface area contributed by atoms with Gasteiger partial charge in [0, 0.05) is 23.6 Å². The average Bonchev–Trinajstić information content (AvgIpc) is 3.61. The van der Waals surface area contributed by atoms with Crippen LogP contribution in [-0.2, 0) is 20.2 Å². The highest BCUT2D eigenvalue weighted by molar-refractivity contribution is 7.93. The van der Waals surface area contributed by atoms with Gasteiger partial charge in [-0.3, -0.25) is 19.5 Å². The molecule has 3 aromatic rings. The molecule has 2 aromatic heterocycles. The van der Waals surface area contributed by atoms with E-state index in [0.717, 1.165) is 11.3 Å². The average molecular weight is 438 g/mol. The number of nitrogens with zero attached hydrogens (tertiary/aromatic N) is 3. The molecule has 1 fully saturated rings. The van der Waals surface area contributed by atoms with E-state index in [-0.39, 0.29) is 17.0 Å². The molecule has 0 unspecified atom stereocenters. The fourth-order valence-corrected chi connectivity index (χ4v) is 4.35. The molecule has 2 N–H and O–H groups in total. The lowest BCUT2D eigenvalue weighted by atomic mass is 9.87. The third-order valence-electron chi connectivity index (χ3n) is 5.17. The minimum Gasteiger partial charge on any atom is -0.325 e. The summed E-state index contributed by atoms with van der Waals surface area (Å²) in [5.74, 6) is -0.0342. The number of hydrogen-bond acceptors (Lipinski definition) is 6. The maximum Gasteiger partial charge on any atom is 0.236 e. The van der Waals surface area contributed by atoms with Gasteiger partial charge in [0.05, 0.1) is 28.2 Å². The van der Waals surface area contributed by atoms with Crippen LogP contribution in [0.4, 0.5) is 11.5 Å². The van der Waals surface area contributed by atoms with Crippen molar-refractivity contribution in [3.05, 3.63) is 66.7 Å². The Morgan fingerprint density at radius 2 is 1.81 bits per heavy atom. The molecule has 4 rings (SSSR count). The summed E-state index contributed by atoms with van der Waals surface area (Å²) in [6, 6.07) is 12.3. The molecular weight excluding hydrogens is 414 g/mol. The van der Waals surface area contributed by atoms with Crippen LogP contribution in [0, 0.1) is 0 Å². The van der Waals surface area contributed by atoms with Crippen LogP contribution < -0.4 is 10.0 Å². The summed E-state index contributed by atoms with van der Waals surface area (Å²) in [6.45, 7) is 3.50. The maximum absolute atomic E-state index is 13.0. The van der Waals surface area contributed by atoms with Crippen molar-refractivity contribution in [1.29, 1.82) is 0 Å². The Balaban J connectivity index is 1.48. The first-order chi connectivity index (χ1) is 14.8. The minimum absolute atomic E-state index is 0.221. The molecule has 1 aliphatic rings. The fourth-order valence-electron chi connectivity index (χ4n) is 3.02. The molecule has 0 saturated heterocycles. The van der Waals surface area contributed by atoms with E-state index < -0.39 is 15.4 Å². The number of rotatable bonds is 7. The molecule has 0 atom stereocenters. The van der Waals surface area contributed by atoms with Gasteiger partial charge >= 0.3 is 0 Å². The van der Waals surface area contributed by atoms with Crippen LogP contribution in [0.1, 0.15) is 32.4 Å². The predicted molar refractivity (Wildman–Crippen MR) is 119 cm³/mol. The smallest absolute Gasteiger partial charge is 0.236 e. The van der Waals surface area contributed by atoms with Gasteiger partial charge in [-0.1, -0.05) is 18.2 Å². The Hall–Kier alpha value is -3.33. The van der Waals surface area contributed by atoms with Gasteiger partial charge in [0.1, 0.15) is 5.82 Å². The molecule has 1 amide bonds. The standard InChI is InChI=1S/C22H23N5O3S/c1-22(2,19-4-3-5-20(26-19)27-31(29,30)17-10-11-17)21(28)25-16-8-6-15(7-9-16)18-14-23-12-13-24-18/h3-9,12-14,17H,10-11H2,1-2H3,(H,25,28)(H,26,27). The third-order valence-corrected chi connectivity index (χ3v) is 7.01. The number of carbonyl (C=O) groups is 1. The normalized spacial score (nSPS) is 14.1. The summed E-state index contributed by atoms with van der Waals surface area (Å²) in [7, 11) is -3.42. The number of aromatic nitrogens is 3. The van der Waals surface area contributed by atoms with Crippen LogP contribution >= 0.6 is 0 Å². The van der Waals surface area contributed by atoms with Gasteiger partial charge in [0.15, 0.2) is 0 Å². The fraction of sp³-hybridized carbons (Fsp3) is 0.273. The lowest BCUT2D eigenvalue weighted by Crippen LogP contribution is -2.35.